The standard InChI is InChI=1S/C13H8I2N2/c14-11-5-1-9(2-6-11)13(17-16)10-3-7-12(15)8-4-10/h1-8H. The molecule has 0 spiro atoms. The van der Waals surface area contributed by atoms with E-state index in [9.17, 15) is 0 Å². The Morgan fingerprint density at radius 1 is 0.765 bits per heavy atom. The molecule has 0 aliphatic heterocycles. The SMILES string of the molecule is [N-]=[N+]=C(c1ccc(I)cc1)c1ccc(I)cc1. The number of benzene rings is 2. The maximum absolute atomic E-state index is 9.16. The van der Waals surface area contributed by atoms with Crippen LogP contribution < -0.4 is 0 Å². The van der Waals surface area contributed by atoms with Crippen LogP contribution in [0.2, 0.25) is 0 Å². The van der Waals surface area contributed by atoms with E-state index in [1.54, 1.807) is 0 Å². The first-order chi connectivity index (χ1) is 8.20. The lowest BCUT2D eigenvalue weighted by Gasteiger charge is -1.98. The highest BCUT2D eigenvalue weighted by molar-refractivity contribution is 14.1. The van der Waals surface area contributed by atoms with Gasteiger partial charge in [0.05, 0.1) is 11.1 Å². The minimum Gasteiger partial charge on any atom is -0.361 e. The second-order valence-corrected chi connectivity index (χ2v) is 5.95. The van der Waals surface area contributed by atoms with Crippen LogP contribution in [0.3, 0.4) is 0 Å². The van der Waals surface area contributed by atoms with Gasteiger partial charge in [-0.15, -0.1) is 0 Å². The van der Waals surface area contributed by atoms with Gasteiger partial charge in [-0.1, -0.05) is 0 Å². The number of rotatable bonds is 2. The summed E-state index contributed by atoms with van der Waals surface area (Å²) in [4.78, 5) is 3.40. The molecule has 0 amide bonds. The Morgan fingerprint density at radius 2 is 1.12 bits per heavy atom. The van der Waals surface area contributed by atoms with Crippen LogP contribution in [0.4, 0.5) is 0 Å². The second kappa shape index (κ2) is 5.75. The van der Waals surface area contributed by atoms with Crippen molar-refractivity contribution in [2.75, 3.05) is 0 Å². The normalized spacial score (nSPS) is 9.76. The summed E-state index contributed by atoms with van der Waals surface area (Å²) in [7, 11) is 0. The summed E-state index contributed by atoms with van der Waals surface area (Å²) in [6.45, 7) is 0. The third-order valence-electron chi connectivity index (χ3n) is 2.34. The van der Waals surface area contributed by atoms with Gasteiger partial charge in [0.15, 0.2) is 0 Å². The van der Waals surface area contributed by atoms with E-state index in [2.05, 4.69) is 50.0 Å². The molecule has 0 aromatic heterocycles. The monoisotopic (exact) mass is 446 g/mol. The second-order valence-electron chi connectivity index (χ2n) is 3.46. The molecule has 2 nitrogen and oxygen atoms in total. The van der Waals surface area contributed by atoms with Crippen molar-refractivity contribution in [1.82, 2.24) is 0 Å². The zero-order chi connectivity index (χ0) is 12.3. The predicted molar refractivity (Wildman–Crippen MR) is 85.1 cm³/mol. The van der Waals surface area contributed by atoms with Crippen molar-refractivity contribution >= 4 is 50.9 Å². The zero-order valence-electron chi connectivity index (χ0n) is 8.77. The number of nitrogens with zero attached hydrogens (tertiary/aromatic N) is 2. The van der Waals surface area contributed by atoms with Crippen molar-refractivity contribution in [1.29, 1.82) is 0 Å². The van der Waals surface area contributed by atoms with E-state index in [1.807, 2.05) is 48.5 Å². The van der Waals surface area contributed by atoms with Gasteiger partial charge >= 0.3 is 5.71 Å². The molecule has 2 rings (SSSR count). The van der Waals surface area contributed by atoms with Crippen LogP contribution in [0.25, 0.3) is 5.53 Å². The Kier molecular flexibility index (Phi) is 4.31. The molecular weight excluding hydrogens is 438 g/mol. The van der Waals surface area contributed by atoms with Crippen molar-refractivity contribution in [3.8, 4) is 0 Å². The fraction of sp³-hybridized carbons (Fsp3) is 0. The molecule has 0 radical (unpaired) electrons. The van der Waals surface area contributed by atoms with E-state index in [-0.39, 0.29) is 0 Å². The summed E-state index contributed by atoms with van der Waals surface area (Å²) in [6, 6.07) is 15.8. The minimum atomic E-state index is 0.595. The smallest absolute Gasteiger partial charge is 0.329 e. The molecule has 2 aromatic rings. The summed E-state index contributed by atoms with van der Waals surface area (Å²) in [5, 5.41) is 0. The number of hydrogen-bond acceptors (Lipinski definition) is 0. The van der Waals surface area contributed by atoms with Crippen LogP contribution in [0.1, 0.15) is 11.1 Å². The predicted octanol–water partition coefficient (Wildman–Crippen LogP) is 3.96. The molecule has 0 saturated heterocycles. The van der Waals surface area contributed by atoms with Gasteiger partial charge in [-0.3, -0.25) is 0 Å². The molecule has 0 heterocycles. The average Bonchev–Trinajstić information content (AvgIpc) is 2.35. The lowest BCUT2D eigenvalue weighted by molar-refractivity contribution is -0.00279. The number of halogens is 2. The van der Waals surface area contributed by atoms with Crippen LogP contribution in [-0.4, -0.2) is 10.5 Å². The lowest BCUT2D eigenvalue weighted by atomic mass is 10.0. The van der Waals surface area contributed by atoms with Gasteiger partial charge in [0.25, 0.3) is 0 Å². The van der Waals surface area contributed by atoms with Gasteiger partial charge < -0.3 is 5.53 Å². The maximum atomic E-state index is 9.16. The van der Waals surface area contributed by atoms with Crippen molar-refractivity contribution < 1.29 is 4.79 Å². The van der Waals surface area contributed by atoms with E-state index in [0.717, 1.165) is 18.3 Å². The Bertz CT molecular complexity index is 520. The summed E-state index contributed by atoms with van der Waals surface area (Å²) in [6.07, 6.45) is 0. The average molecular weight is 446 g/mol. The Hall–Kier alpha value is -0.720. The van der Waals surface area contributed by atoms with Crippen molar-refractivity contribution in [2.45, 2.75) is 0 Å². The summed E-state index contributed by atoms with van der Waals surface area (Å²) < 4.78 is 2.32. The van der Waals surface area contributed by atoms with Crippen molar-refractivity contribution in [3.63, 3.8) is 0 Å². The molecule has 84 valence electrons. The molecule has 0 bridgehead atoms. The molecule has 0 unspecified atom stereocenters. The number of hydrogen-bond donors (Lipinski definition) is 0. The van der Waals surface area contributed by atoms with Crippen molar-refractivity contribution in [3.05, 3.63) is 72.3 Å². The molecule has 0 atom stereocenters. The lowest BCUT2D eigenvalue weighted by Crippen LogP contribution is -2.04. The van der Waals surface area contributed by atoms with Gasteiger partial charge in [0.2, 0.25) is 0 Å². The maximum Gasteiger partial charge on any atom is 0.329 e. The topological polar surface area (TPSA) is 36.4 Å². The molecule has 17 heavy (non-hydrogen) atoms. The van der Waals surface area contributed by atoms with Crippen LogP contribution in [0, 0.1) is 7.14 Å². The first kappa shape index (κ1) is 12.7. The summed E-state index contributed by atoms with van der Waals surface area (Å²) >= 11 is 4.50. The Balaban J connectivity index is 2.44. The third-order valence-corrected chi connectivity index (χ3v) is 3.77. The van der Waals surface area contributed by atoms with E-state index in [4.69, 9.17) is 5.53 Å². The molecule has 0 N–H and O–H groups in total. The summed E-state index contributed by atoms with van der Waals surface area (Å²) in [5.74, 6) is 0. The van der Waals surface area contributed by atoms with Gasteiger partial charge in [-0.2, -0.15) is 4.79 Å². The van der Waals surface area contributed by atoms with Gasteiger partial charge in [-0.05, 0) is 93.7 Å². The highest BCUT2D eigenvalue weighted by atomic mass is 127. The fourth-order valence-corrected chi connectivity index (χ4v) is 2.22. The van der Waals surface area contributed by atoms with Gasteiger partial charge in [-0.25, -0.2) is 0 Å². The molecule has 0 saturated carbocycles. The molecule has 0 aliphatic carbocycles. The quantitative estimate of drug-likeness (QED) is 0.290. The van der Waals surface area contributed by atoms with Gasteiger partial charge in [0, 0.05) is 7.14 Å². The van der Waals surface area contributed by atoms with Crippen LogP contribution in [-0.2, 0) is 0 Å². The first-order valence-corrected chi connectivity index (χ1v) is 7.10. The van der Waals surface area contributed by atoms with E-state index < -0.39 is 0 Å². The minimum absolute atomic E-state index is 0.595. The Morgan fingerprint density at radius 3 is 1.41 bits per heavy atom. The van der Waals surface area contributed by atoms with E-state index >= 15 is 0 Å². The highest BCUT2D eigenvalue weighted by Gasteiger charge is 2.14. The largest absolute Gasteiger partial charge is 0.361 e. The Labute approximate surface area is 127 Å². The molecule has 4 heteroatoms. The first-order valence-electron chi connectivity index (χ1n) is 4.94. The molecular formula is C13H8I2N2. The van der Waals surface area contributed by atoms with Crippen molar-refractivity contribution in [2.24, 2.45) is 0 Å². The van der Waals surface area contributed by atoms with E-state index in [0.29, 0.717) is 5.71 Å². The van der Waals surface area contributed by atoms with E-state index in [1.165, 1.54) is 0 Å². The highest BCUT2D eigenvalue weighted by Crippen LogP contribution is 2.13. The fourth-order valence-electron chi connectivity index (χ4n) is 1.50. The molecule has 0 aliphatic rings. The molecule has 2 aromatic carbocycles. The van der Waals surface area contributed by atoms with Crippen LogP contribution >= 0.6 is 45.2 Å². The van der Waals surface area contributed by atoms with Crippen LogP contribution in [0.15, 0.2) is 48.5 Å². The van der Waals surface area contributed by atoms with Crippen LogP contribution in [0.5, 0.6) is 0 Å². The third kappa shape index (κ3) is 3.14. The summed E-state index contributed by atoms with van der Waals surface area (Å²) in [5.41, 5.74) is 11.6. The van der Waals surface area contributed by atoms with Gasteiger partial charge in [0.1, 0.15) is 0 Å². The molecule has 0 fully saturated rings. The zero-order valence-corrected chi connectivity index (χ0v) is 13.1.